The van der Waals surface area contributed by atoms with Crippen molar-refractivity contribution in [3.8, 4) is 11.3 Å². The first-order chi connectivity index (χ1) is 9.97. The number of hydrogen-bond donors (Lipinski definition) is 3. The summed E-state index contributed by atoms with van der Waals surface area (Å²) in [5.74, 6) is 0.192. The predicted molar refractivity (Wildman–Crippen MR) is 83.4 cm³/mol. The summed E-state index contributed by atoms with van der Waals surface area (Å²) >= 11 is 4.62. The molecule has 2 rings (SSSR count). The van der Waals surface area contributed by atoms with E-state index in [4.69, 9.17) is 15.3 Å². The van der Waals surface area contributed by atoms with E-state index >= 15 is 0 Å². The zero-order valence-corrected chi connectivity index (χ0v) is 12.0. The number of aryl methyl sites for hydroxylation is 1. The fraction of sp³-hybridized carbons (Fsp3) is 0.0714. The smallest absolute Gasteiger partial charge is 0.335 e. The van der Waals surface area contributed by atoms with E-state index in [1.807, 2.05) is 6.92 Å². The molecule has 0 bridgehead atoms. The summed E-state index contributed by atoms with van der Waals surface area (Å²) in [5.41, 5.74) is 9.54. The van der Waals surface area contributed by atoms with Gasteiger partial charge in [-0.2, -0.15) is 5.10 Å². The molecule has 0 aliphatic heterocycles. The highest BCUT2D eigenvalue weighted by Crippen LogP contribution is 2.26. The average molecular weight is 303 g/mol. The molecular weight excluding hydrogens is 290 g/mol. The molecular formula is C14H13N3O3S. The van der Waals surface area contributed by atoms with Crippen LogP contribution < -0.4 is 11.2 Å². The van der Waals surface area contributed by atoms with E-state index in [1.165, 1.54) is 12.3 Å². The molecule has 2 aromatic rings. The molecule has 4 N–H and O–H groups in total. The van der Waals surface area contributed by atoms with Gasteiger partial charge in [-0.3, -0.25) is 5.43 Å². The van der Waals surface area contributed by atoms with Gasteiger partial charge >= 0.3 is 5.97 Å². The summed E-state index contributed by atoms with van der Waals surface area (Å²) in [5, 5.41) is 12.8. The Morgan fingerprint density at radius 3 is 2.81 bits per heavy atom. The Kier molecular flexibility index (Phi) is 4.34. The number of carboxylic acid groups (broad SMARTS) is 1. The van der Waals surface area contributed by atoms with Crippen molar-refractivity contribution in [2.75, 3.05) is 0 Å². The van der Waals surface area contributed by atoms with Crippen molar-refractivity contribution in [3.63, 3.8) is 0 Å². The SMILES string of the molecule is Cc1cc(C(=O)O)ccc1-c1ccc(/C=N\NC(N)=S)o1. The molecule has 0 saturated carbocycles. The zero-order chi connectivity index (χ0) is 15.4. The minimum Gasteiger partial charge on any atom is -0.478 e. The van der Waals surface area contributed by atoms with Gasteiger partial charge in [-0.15, -0.1) is 0 Å². The molecule has 0 unspecified atom stereocenters. The second kappa shape index (κ2) is 6.19. The minimum absolute atomic E-state index is 0.0677. The number of nitrogens with one attached hydrogen (secondary N) is 1. The van der Waals surface area contributed by atoms with Gasteiger partial charge in [0.25, 0.3) is 0 Å². The molecule has 0 saturated heterocycles. The van der Waals surface area contributed by atoms with Crippen molar-refractivity contribution in [1.29, 1.82) is 0 Å². The first-order valence-electron chi connectivity index (χ1n) is 6.00. The number of hydrogen-bond acceptors (Lipinski definition) is 4. The van der Waals surface area contributed by atoms with E-state index in [1.54, 1.807) is 24.3 Å². The number of aromatic carboxylic acids is 1. The lowest BCUT2D eigenvalue weighted by Gasteiger charge is -2.03. The summed E-state index contributed by atoms with van der Waals surface area (Å²) in [6.07, 6.45) is 1.45. The maximum atomic E-state index is 10.9. The van der Waals surface area contributed by atoms with Crippen molar-refractivity contribution in [3.05, 3.63) is 47.2 Å². The number of carboxylic acids is 1. The number of hydrazone groups is 1. The molecule has 0 fully saturated rings. The normalized spacial score (nSPS) is 10.7. The second-order valence-corrected chi connectivity index (χ2v) is 4.71. The number of rotatable bonds is 4. The first kappa shape index (κ1) is 14.7. The predicted octanol–water partition coefficient (Wildman–Crippen LogP) is 2.12. The number of nitrogens with two attached hydrogens (primary N) is 1. The van der Waals surface area contributed by atoms with Crippen LogP contribution in [0.15, 0.2) is 39.9 Å². The number of nitrogens with zero attached hydrogens (tertiary/aromatic N) is 1. The monoisotopic (exact) mass is 303 g/mol. The third-order valence-corrected chi connectivity index (χ3v) is 2.82. The summed E-state index contributed by atoms with van der Waals surface area (Å²) in [7, 11) is 0. The van der Waals surface area contributed by atoms with Crippen molar-refractivity contribution >= 4 is 29.5 Å². The van der Waals surface area contributed by atoms with E-state index in [2.05, 4.69) is 22.7 Å². The van der Waals surface area contributed by atoms with Crippen LogP contribution >= 0.6 is 12.2 Å². The third kappa shape index (κ3) is 3.67. The Morgan fingerprint density at radius 1 is 1.43 bits per heavy atom. The maximum absolute atomic E-state index is 10.9. The van der Waals surface area contributed by atoms with Crippen LogP contribution in [0.5, 0.6) is 0 Å². The first-order valence-corrected chi connectivity index (χ1v) is 6.41. The largest absolute Gasteiger partial charge is 0.478 e. The van der Waals surface area contributed by atoms with Crippen LogP contribution in [0, 0.1) is 6.92 Å². The van der Waals surface area contributed by atoms with Crippen LogP contribution in [-0.2, 0) is 0 Å². The molecule has 6 nitrogen and oxygen atoms in total. The fourth-order valence-electron chi connectivity index (χ4n) is 1.80. The van der Waals surface area contributed by atoms with Gasteiger partial charge in [0.1, 0.15) is 11.5 Å². The number of carbonyl (C=O) groups is 1. The van der Waals surface area contributed by atoms with Gasteiger partial charge in [0.05, 0.1) is 11.8 Å². The lowest BCUT2D eigenvalue weighted by Crippen LogP contribution is -2.23. The van der Waals surface area contributed by atoms with Crippen LogP contribution in [0.2, 0.25) is 0 Å². The van der Waals surface area contributed by atoms with Gasteiger partial charge in [0, 0.05) is 5.56 Å². The van der Waals surface area contributed by atoms with Gasteiger partial charge in [-0.05, 0) is 49.0 Å². The average Bonchev–Trinajstić information content (AvgIpc) is 2.86. The van der Waals surface area contributed by atoms with Crippen LogP contribution in [0.4, 0.5) is 0 Å². The quantitative estimate of drug-likeness (QED) is 0.454. The van der Waals surface area contributed by atoms with Crippen molar-refractivity contribution in [2.45, 2.75) is 6.92 Å². The second-order valence-electron chi connectivity index (χ2n) is 4.27. The van der Waals surface area contributed by atoms with E-state index in [-0.39, 0.29) is 10.7 Å². The molecule has 21 heavy (non-hydrogen) atoms. The molecule has 0 amide bonds. The summed E-state index contributed by atoms with van der Waals surface area (Å²) in [6.45, 7) is 1.83. The lowest BCUT2D eigenvalue weighted by molar-refractivity contribution is 0.0697. The van der Waals surface area contributed by atoms with Crippen molar-refractivity contribution < 1.29 is 14.3 Å². The molecule has 7 heteroatoms. The summed E-state index contributed by atoms with van der Waals surface area (Å²) < 4.78 is 5.61. The van der Waals surface area contributed by atoms with Gasteiger partial charge in [0.15, 0.2) is 5.11 Å². The van der Waals surface area contributed by atoms with Crippen LogP contribution in [0.1, 0.15) is 21.7 Å². The maximum Gasteiger partial charge on any atom is 0.335 e. The topological polar surface area (TPSA) is 101 Å². The molecule has 0 spiro atoms. The van der Waals surface area contributed by atoms with Gasteiger partial charge in [-0.1, -0.05) is 6.07 Å². The van der Waals surface area contributed by atoms with Crippen LogP contribution in [-0.4, -0.2) is 22.4 Å². The lowest BCUT2D eigenvalue weighted by atomic mass is 10.0. The van der Waals surface area contributed by atoms with E-state index in [9.17, 15) is 4.79 Å². The highest BCUT2D eigenvalue weighted by molar-refractivity contribution is 7.80. The van der Waals surface area contributed by atoms with Crippen molar-refractivity contribution in [2.24, 2.45) is 10.8 Å². The molecule has 0 aliphatic carbocycles. The van der Waals surface area contributed by atoms with Crippen molar-refractivity contribution in [1.82, 2.24) is 5.43 Å². The Hall–Kier alpha value is -2.67. The van der Waals surface area contributed by atoms with E-state index in [0.717, 1.165) is 11.1 Å². The third-order valence-electron chi connectivity index (χ3n) is 2.73. The number of benzene rings is 1. The molecule has 1 aromatic heterocycles. The summed E-state index contributed by atoms with van der Waals surface area (Å²) in [4.78, 5) is 10.9. The molecule has 0 aliphatic rings. The van der Waals surface area contributed by atoms with Gasteiger partial charge in [-0.25, -0.2) is 4.79 Å². The molecule has 0 atom stereocenters. The van der Waals surface area contributed by atoms with Gasteiger partial charge in [0.2, 0.25) is 0 Å². The Morgan fingerprint density at radius 2 is 2.19 bits per heavy atom. The Labute approximate surface area is 126 Å². The molecule has 108 valence electrons. The standard InChI is InChI=1S/C14H13N3O3S/c1-8-6-9(13(18)19)2-4-11(8)12-5-3-10(20-12)7-16-17-14(15)21/h2-7H,1H3,(H,18,19)(H3,15,17,21)/b16-7-. The number of thiocarbonyl (C=S) groups is 1. The highest BCUT2D eigenvalue weighted by Gasteiger charge is 2.10. The Bertz CT molecular complexity index is 722. The minimum atomic E-state index is -0.958. The highest BCUT2D eigenvalue weighted by atomic mass is 32.1. The molecule has 1 heterocycles. The van der Waals surface area contributed by atoms with Gasteiger partial charge < -0.3 is 15.3 Å². The molecule has 0 radical (unpaired) electrons. The molecule has 1 aromatic carbocycles. The fourth-order valence-corrected chi connectivity index (χ4v) is 1.85. The van der Waals surface area contributed by atoms with Crippen LogP contribution in [0.3, 0.4) is 0 Å². The van der Waals surface area contributed by atoms with E-state index in [0.29, 0.717) is 11.5 Å². The van der Waals surface area contributed by atoms with E-state index < -0.39 is 5.97 Å². The summed E-state index contributed by atoms with van der Waals surface area (Å²) in [6, 6.07) is 8.37. The van der Waals surface area contributed by atoms with Crippen LogP contribution in [0.25, 0.3) is 11.3 Å². The zero-order valence-electron chi connectivity index (χ0n) is 11.2. The Balaban J connectivity index is 2.23. The number of furan rings is 1.